The molecule has 1 aromatic heterocycles. The molecule has 0 radical (unpaired) electrons. The molecule has 1 amide bonds. The van der Waals surface area contributed by atoms with Crippen molar-refractivity contribution in [1.29, 1.82) is 0 Å². The topological polar surface area (TPSA) is 83.6 Å². The van der Waals surface area contributed by atoms with Crippen LogP contribution >= 0.6 is 0 Å². The Labute approximate surface area is 92.9 Å². The van der Waals surface area contributed by atoms with Crippen molar-refractivity contribution in [3.05, 3.63) is 17.8 Å². The number of carboxylic acids is 1. The first-order valence-electron chi connectivity index (χ1n) is 4.83. The van der Waals surface area contributed by atoms with Crippen molar-refractivity contribution in [2.45, 2.75) is 26.3 Å². The molecule has 6 heteroatoms. The van der Waals surface area contributed by atoms with Gasteiger partial charge in [0.15, 0.2) is 0 Å². The third kappa shape index (κ3) is 2.82. The van der Waals surface area contributed by atoms with Crippen molar-refractivity contribution in [2.24, 2.45) is 0 Å². The molecule has 0 aliphatic heterocycles. The summed E-state index contributed by atoms with van der Waals surface area (Å²) in [6.45, 7) is 3.34. The minimum absolute atomic E-state index is 0.0164. The molecule has 1 rings (SSSR count). The lowest BCUT2D eigenvalue weighted by Gasteiger charge is -2.21. The van der Waals surface area contributed by atoms with E-state index >= 15 is 0 Å². The third-order valence-electron chi connectivity index (χ3n) is 2.26. The van der Waals surface area contributed by atoms with Crippen LogP contribution in [0.25, 0.3) is 0 Å². The van der Waals surface area contributed by atoms with Gasteiger partial charge < -0.3 is 14.4 Å². The highest BCUT2D eigenvalue weighted by molar-refractivity contribution is 5.89. The van der Waals surface area contributed by atoms with E-state index in [0.717, 1.165) is 0 Å². The molecule has 1 unspecified atom stereocenters. The Hall–Kier alpha value is -1.85. The summed E-state index contributed by atoms with van der Waals surface area (Å²) in [6, 6.07) is -0.405. The van der Waals surface area contributed by atoms with Gasteiger partial charge >= 0.3 is 11.9 Å². The van der Waals surface area contributed by atoms with Crippen molar-refractivity contribution in [3.63, 3.8) is 0 Å². The van der Waals surface area contributed by atoms with Crippen LogP contribution in [0.5, 0.6) is 0 Å². The van der Waals surface area contributed by atoms with Crippen LogP contribution < -0.4 is 0 Å². The van der Waals surface area contributed by atoms with Crippen molar-refractivity contribution >= 4 is 11.9 Å². The lowest BCUT2D eigenvalue weighted by molar-refractivity contribution is -0.137. The van der Waals surface area contributed by atoms with Crippen LogP contribution in [0.15, 0.2) is 10.6 Å². The molecule has 1 atom stereocenters. The number of hydrogen-bond donors (Lipinski definition) is 1. The van der Waals surface area contributed by atoms with Crippen LogP contribution in [-0.4, -0.2) is 40.0 Å². The molecule has 0 fully saturated rings. The number of nitrogens with zero attached hydrogens (tertiary/aromatic N) is 2. The summed E-state index contributed by atoms with van der Waals surface area (Å²) in [6.07, 6.45) is 1.34. The van der Waals surface area contributed by atoms with E-state index in [9.17, 15) is 9.59 Å². The molecule has 0 saturated carbocycles. The summed E-state index contributed by atoms with van der Waals surface area (Å²) in [5.41, 5.74) is 0. The van der Waals surface area contributed by atoms with Gasteiger partial charge in [-0.2, -0.15) is 0 Å². The van der Waals surface area contributed by atoms with E-state index in [-0.39, 0.29) is 12.3 Å². The number of aryl methyl sites for hydroxylation is 1. The van der Waals surface area contributed by atoms with E-state index in [2.05, 4.69) is 4.98 Å². The molecule has 88 valence electrons. The fourth-order valence-corrected chi connectivity index (χ4v) is 1.19. The van der Waals surface area contributed by atoms with Crippen molar-refractivity contribution < 1.29 is 19.1 Å². The molecule has 0 aliphatic rings. The second-order valence-electron chi connectivity index (χ2n) is 3.64. The number of carbonyl (C=O) groups excluding carboxylic acids is 1. The van der Waals surface area contributed by atoms with E-state index in [1.807, 2.05) is 0 Å². The second kappa shape index (κ2) is 4.78. The Morgan fingerprint density at radius 3 is 2.69 bits per heavy atom. The molecule has 1 N–H and O–H groups in total. The number of rotatable bonds is 4. The number of carbonyl (C=O) groups is 2. The summed E-state index contributed by atoms with van der Waals surface area (Å²) in [5.74, 6) is -0.836. The highest BCUT2D eigenvalue weighted by atomic mass is 16.4. The quantitative estimate of drug-likeness (QED) is 0.825. The zero-order chi connectivity index (χ0) is 12.3. The Bertz CT molecular complexity index is 399. The Morgan fingerprint density at radius 2 is 2.25 bits per heavy atom. The summed E-state index contributed by atoms with van der Waals surface area (Å²) in [7, 11) is 1.52. The lowest BCUT2D eigenvalue weighted by Crippen LogP contribution is -2.36. The van der Waals surface area contributed by atoms with Gasteiger partial charge in [0.2, 0.25) is 0 Å². The highest BCUT2D eigenvalue weighted by Crippen LogP contribution is 2.09. The highest BCUT2D eigenvalue weighted by Gasteiger charge is 2.22. The molecule has 0 aliphatic carbocycles. The molecule has 0 aromatic carbocycles. The van der Waals surface area contributed by atoms with Gasteiger partial charge in [-0.15, -0.1) is 0 Å². The van der Waals surface area contributed by atoms with Crippen LogP contribution in [-0.2, 0) is 4.79 Å². The van der Waals surface area contributed by atoms with Crippen LogP contribution in [0.2, 0.25) is 0 Å². The van der Waals surface area contributed by atoms with Gasteiger partial charge in [0, 0.05) is 13.1 Å². The van der Waals surface area contributed by atoms with E-state index in [1.54, 1.807) is 13.8 Å². The van der Waals surface area contributed by atoms with E-state index in [0.29, 0.717) is 5.76 Å². The second-order valence-corrected chi connectivity index (χ2v) is 3.64. The average Bonchev–Trinajstić information content (AvgIpc) is 2.61. The third-order valence-corrected chi connectivity index (χ3v) is 2.26. The Morgan fingerprint density at radius 1 is 1.62 bits per heavy atom. The van der Waals surface area contributed by atoms with Crippen LogP contribution in [0, 0.1) is 6.92 Å². The minimum Gasteiger partial charge on any atom is -0.481 e. The lowest BCUT2D eigenvalue weighted by atomic mass is 10.2. The maximum absolute atomic E-state index is 11.8. The van der Waals surface area contributed by atoms with Crippen LogP contribution in [0.1, 0.15) is 29.8 Å². The largest absolute Gasteiger partial charge is 0.481 e. The number of aromatic nitrogens is 1. The fraction of sp³-hybridized carbons (Fsp3) is 0.500. The standard InChI is InChI=1S/C10H14N2O4/c1-6(4-8(13)14)12(3)10(15)9-11-5-7(2)16-9/h5-6H,4H2,1-3H3,(H,13,14). The molecule has 0 saturated heterocycles. The summed E-state index contributed by atoms with van der Waals surface area (Å²) in [5, 5.41) is 8.61. The van der Waals surface area contributed by atoms with E-state index in [1.165, 1.54) is 18.1 Å². The van der Waals surface area contributed by atoms with Crippen molar-refractivity contribution in [1.82, 2.24) is 9.88 Å². The molecule has 0 spiro atoms. The van der Waals surface area contributed by atoms with E-state index < -0.39 is 17.9 Å². The predicted octanol–water partition coefficient (Wildman–Crippen LogP) is 0.918. The number of carboxylic acid groups (broad SMARTS) is 1. The molecule has 6 nitrogen and oxygen atoms in total. The van der Waals surface area contributed by atoms with Crippen LogP contribution in [0.3, 0.4) is 0 Å². The molecule has 1 heterocycles. The smallest absolute Gasteiger partial charge is 0.309 e. The number of hydrogen-bond acceptors (Lipinski definition) is 4. The van der Waals surface area contributed by atoms with Crippen molar-refractivity contribution in [2.75, 3.05) is 7.05 Å². The molecular weight excluding hydrogens is 212 g/mol. The summed E-state index contributed by atoms with van der Waals surface area (Å²) < 4.78 is 5.07. The zero-order valence-corrected chi connectivity index (χ0v) is 9.43. The zero-order valence-electron chi connectivity index (χ0n) is 9.43. The summed E-state index contributed by atoms with van der Waals surface area (Å²) in [4.78, 5) is 27.4. The van der Waals surface area contributed by atoms with Crippen LogP contribution in [0.4, 0.5) is 0 Å². The normalized spacial score (nSPS) is 12.2. The molecule has 16 heavy (non-hydrogen) atoms. The SMILES string of the molecule is Cc1cnc(C(=O)N(C)C(C)CC(=O)O)o1. The number of oxazole rings is 1. The van der Waals surface area contributed by atoms with Gasteiger partial charge in [-0.25, -0.2) is 4.98 Å². The minimum atomic E-state index is -0.948. The van der Waals surface area contributed by atoms with Gasteiger partial charge in [0.05, 0.1) is 12.6 Å². The van der Waals surface area contributed by atoms with Gasteiger partial charge in [-0.1, -0.05) is 0 Å². The predicted molar refractivity (Wildman–Crippen MR) is 55.0 cm³/mol. The first kappa shape index (κ1) is 12.2. The number of aliphatic carboxylic acids is 1. The Kier molecular flexibility index (Phi) is 3.65. The van der Waals surface area contributed by atoms with Gasteiger partial charge in [0.1, 0.15) is 5.76 Å². The number of amides is 1. The van der Waals surface area contributed by atoms with Crippen molar-refractivity contribution in [3.8, 4) is 0 Å². The van der Waals surface area contributed by atoms with Gasteiger partial charge in [-0.3, -0.25) is 9.59 Å². The first-order chi connectivity index (χ1) is 7.41. The molecule has 0 bridgehead atoms. The maximum atomic E-state index is 11.8. The van der Waals surface area contributed by atoms with Gasteiger partial charge in [0.25, 0.3) is 5.89 Å². The molecule has 1 aromatic rings. The average molecular weight is 226 g/mol. The summed E-state index contributed by atoms with van der Waals surface area (Å²) >= 11 is 0. The Balaban J connectivity index is 2.70. The van der Waals surface area contributed by atoms with Gasteiger partial charge in [-0.05, 0) is 13.8 Å². The maximum Gasteiger partial charge on any atom is 0.309 e. The first-order valence-corrected chi connectivity index (χ1v) is 4.83. The monoisotopic (exact) mass is 226 g/mol. The molecular formula is C10H14N2O4. The fourth-order valence-electron chi connectivity index (χ4n) is 1.19. The van der Waals surface area contributed by atoms with E-state index in [4.69, 9.17) is 9.52 Å².